The number of hydrogen-bond acceptors (Lipinski definition) is 4. The number of hydrogen-bond donors (Lipinski definition) is 1. The Hall–Kier alpha value is -0.920. The molecule has 0 saturated carbocycles. The number of aryl methyl sites for hydroxylation is 1. The molecule has 2 rings (SSSR count). The van der Waals surface area contributed by atoms with Gasteiger partial charge in [0.25, 0.3) is 0 Å². The lowest BCUT2D eigenvalue weighted by atomic mass is 10.2. The molecule has 0 aliphatic carbocycles. The van der Waals surface area contributed by atoms with Crippen LogP contribution in [0.1, 0.15) is 0 Å². The molecule has 1 aromatic rings. The lowest BCUT2D eigenvalue weighted by Gasteiger charge is -2.34. The second-order valence-corrected chi connectivity index (χ2v) is 5.68. The number of nitrogens with one attached hydrogen (secondary N) is 1. The van der Waals surface area contributed by atoms with Gasteiger partial charge in [0, 0.05) is 39.4 Å². The van der Waals surface area contributed by atoms with E-state index in [1.807, 2.05) is 0 Å². The molecule has 1 saturated heterocycles. The van der Waals surface area contributed by atoms with Gasteiger partial charge >= 0.3 is 0 Å². The third kappa shape index (κ3) is 1.77. The van der Waals surface area contributed by atoms with E-state index in [9.17, 15) is 8.42 Å². The van der Waals surface area contributed by atoms with Gasteiger partial charge in [0.05, 0.1) is 6.20 Å². The first-order chi connectivity index (χ1) is 7.01. The first kappa shape index (κ1) is 10.6. The second kappa shape index (κ2) is 3.58. The van der Waals surface area contributed by atoms with Crippen molar-refractivity contribution in [3.8, 4) is 0 Å². The SMILES string of the molecule is CN(C1CNC1)S(=O)(=O)c1cnn(C)c1. The number of sulfonamides is 1. The molecule has 1 aliphatic rings. The van der Waals surface area contributed by atoms with E-state index in [0.717, 1.165) is 13.1 Å². The Morgan fingerprint density at radius 2 is 2.27 bits per heavy atom. The standard InChI is InChI=1S/C8H14N4O2S/c1-11-6-8(5-10-11)15(13,14)12(2)7-3-9-4-7/h5-7,9H,3-4H2,1-2H3. The molecule has 1 aliphatic heterocycles. The van der Waals surface area contributed by atoms with Crippen LogP contribution in [-0.4, -0.2) is 48.7 Å². The Balaban J connectivity index is 2.26. The molecule has 0 radical (unpaired) electrons. The van der Waals surface area contributed by atoms with E-state index < -0.39 is 10.0 Å². The van der Waals surface area contributed by atoms with Crippen LogP contribution in [0.4, 0.5) is 0 Å². The molecule has 1 N–H and O–H groups in total. The molecule has 15 heavy (non-hydrogen) atoms. The summed E-state index contributed by atoms with van der Waals surface area (Å²) in [5, 5.41) is 6.91. The lowest BCUT2D eigenvalue weighted by molar-refractivity contribution is 0.274. The number of likely N-dealkylation sites (N-methyl/N-ethyl adjacent to an activating group) is 1. The van der Waals surface area contributed by atoms with Gasteiger partial charge < -0.3 is 5.32 Å². The Morgan fingerprint density at radius 3 is 2.67 bits per heavy atom. The zero-order valence-electron chi connectivity index (χ0n) is 8.71. The van der Waals surface area contributed by atoms with E-state index in [4.69, 9.17) is 0 Å². The van der Waals surface area contributed by atoms with E-state index >= 15 is 0 Å². The predicted molar refractivity (Wildman–Crippen MR) is 54.8 cm³/mol. The third-order valence-electron chi connectivity index (χ3n) is 2.63. The average Bonchev–Trinajstić information content (AvgIpc) is 2.49. The second-order valence-electron chi connectivity index (χ2n) is 3.68. The molecule has 0 atom stereocenters. The molecule has 0 unspecified atom stereocenters. The van der Waals surface area contributed by atoms with E-state index in [2.05, 4.69) is 10.4 Å². The smallest absolute Gasteiger partial charge is 0.246 e. The topological polar surface area (TPSA) is 67.2 Å². The van der Waals surface area contributed by atoms with Crippen LogP contribution >= 0.6 is 0 Å². The zero-order chi connectivity index (χ0) is 11.1. The van der Waals surface area contributed by atoms with Crippen LogP contribution in [0.2, 0.25) is 0 Å². The maximum absolute atomic E-state index is 12.0. The molecular weight excluding hydrogens is 216 g/mol. The van der Waals surface area contributed by atoms with Crippen LogP contribution in [0.15, 0.2) is 17.3 Å². The van der Waals surface area contributed by atoms with Gasteiger partial charge in [-0.2, -0.15) is 9.40 Å². The summed E-state index contributed by atoms with van der Waals surface area (Å²) in [6, 6.07) is 0.0650. The molecule has 1 fully saturated rings. The van der Waals surface area contributed by atoms with Crippen molar-refractivity contribution in [1.82, 2.24) is 19.4 Å². The van der Waals surface area contributed by atoms with Gasteiger partial charge in [-0.15, -0.1) is 0 Å². The van der Waals surface area contributed by atoms with Crippen LogP contribution in [0.25, 0.3) is 0 Å². The van der Waals surface area contributed by atoms with Crippen molar-refractivity contribution in [1.29, 1.82) is 0 Å². The summed E-state index contributed by atoms with van der Waals surface area (Å²) >= 11 is 0. The fourth-order valence-corrected chi connectivity index (χ4v) is 2.77. The minimum atomic E-state index is -3.37. The summed E-state index contributed by atoms with van der Waals surface area (Å²) < 4.78 is 26.9. The van der Waals surface area contributed by atoms with Gasteiger partial charge in [-0.3, -0.25) is 4.68 Å². The van der Waals surface area contributed by atoms with Gasteiger partial charge in [-0.1, -0.05) is 0 Å². The summed E-state index contributed by atoms with van der Waals surface area (Å²) in [6.45, 7) is 1.44. The molecule has 7 heteroatoms. The van der Waals surface area contributed by atoms with Crippen molar-refractivity contribution in [2.75, 3.05) is 20.1 Å². The highest BCUT2D eigenvalue weighted by atomic mass is 32.2. The van der Waals surface area contributed by atoms with Crippen LogP contribution in [0.5, 0.6) is 0 Å². The van der Waals surface area contributed by atoms with Crippen LogP contribution in [-0.2, 0) is 17.1 Å². The van der Waals surface area contributed by atoms with Crippen LogP contribution in [0.3, 0.4) is 0 Å². The molecule has 6 nitrogen and oxygen atoms in total. The Kier molecular flexibility index (Phi) is 2.53. The molecule has 84 valence electrons. The van der Waals surface area contributed by atoms with Gasteiger partial charge in [-0.25, -0.2) is 8.42 Å². The highest BCUT2D eigenvalue weighted by molar-refractivity contribution is 7.89. The Morgan fingerprint density at radius 1 is 1.60 bits per heavy atom. The van der Waals surface area contributed by atoms with Crippen LogP contribution < -0.4 is 5.32 Å². The van der Waals surface area contributed by atoms with Crippen molar-refractivity contribution in [2.45, 2.75) is 10.9 Å². The largest absolute Gasteiger partial charge is 0.313 e. The van der Waals surface area contributed by atoms with Gasteiger partial charge in [-0.05, 0) is 0 Å². The van der Waals surface area contributed by atoms with E-state index in [1.165, 1.54) is 21.4 Å². The zero-order valence-corrected chi connectivity index (χ0v) is 9.53. The van der Waals surface area contributed by atoms with Crippen molar-refractivity contribution in [3.05, 3.63) is 12.4 Å². The van der Waals surface area contributed by atoms with Crippen LogP contribution in [0, 0.1) is 0 Å². The van der Waals surface area contributed by atoms with Crippen molar-refractivity contribution in [3.63, 3.8) is 0 Å². The number of nitrogens with zero attached hydrogens (tertiary/aromatic N) is 3. The monoisotopic (exact) mass is 230 g/mol. The Labute approximate surface area is 88.9 Å². The van der Waals surface area contributed by atoms with E-state index in [1.54, 1.807) is 14.1 Å². The maximum atomic E-state index is 12.0. The average molecular weight is 230 g/mol. The summed E-state index contributed by atoms with van der Waals surface area (Å²) in [4.78, 5) is 0.249. The molecule has 2 heterocycles. The third-order valence-corrected chi connectivity index (χ3v) is 4.50. The van der Waals surface area contributed by atoms with E-state index in [-0.39, 0.29) is 10.9 Å². The first-order valence-electron chi connectivity index (χ1n) is 4.69. The molecule has 1 aromatic heterocycles. The molecule has 0 spiro atoms. The number of aromatic nitrogens is 2. The highest BCUT2D eigenvalue weighted by Gasteiger charge is 2.32. The fourth-order valence-electron chi connectivity index (χ4n) is 1.43. The summed E-state index contributed by atoms with van der Waals surface area (Å²) in [6.07, 6.45) is 2.88. The summed E-state index contributed by atoms with van der Waals surface area (Å²) in [5.74, 6) is 0. The minimum Gasteiger partial charge on any atom is -0.313 e. The van der Waals surface area contributed by atoms with E-state index in [0.29, 0.717) is 0 Å². The van der Waals surface area contributed by atoms with Gasteiger partial charge in [0.15, 0.2) is 0 Å². The molecule has 0 bridgehead atoms. The molecular formula is C8H14N4O2S. The van der Waals surface area contributed by atoms with Crippen molar-refractivity contribution >= 4 is 10.0 Å². The van der Waals surface area contributed by atoms with Crippen molar-refractivity contribution in [2.24, 2.45) is 7.05 Å². The summed E-state index contributed by atoms with van der Waals surface area (Å²) in [5.41, 5.74) is 0. The highest BCUT2D eigenvalue weighted by Crippen LogP contribution is 2.16. The van der Waals surface area contributed by atoms with Crippen molar-refractivity contribution < 1.29 is 8.42 Å². The Bertz CT molecular complexity index is 449. The summed E-state index contributed by atoms with van der Waals surface area (Å²) in [7, 11) is -0.0649. The van der Waals surface area contributed by atoms with Gasteiger partial charge in [0.2, 0.25) is 10.0 Å². The fraction of sp³-hybridized carbons (Fsp3) is 0.625. The maximum Gasteiger partial charge on any atom is 0.246 e. The minimum absolute atomic E-state index is 0.0650. The first-order valence-corrected chi connectivity index (χ1v) is 6.13. The molecule has 0 amide bonds. The lowest BCUT2D eigenvalue weighted by Crippen LogP contribution is -2.57. The molecule has 0 aromatic carbocycles. The number of rotatable bonds is 3. The normalized spacial score (nSPS) is 18.1. The van der Waals surface area contributed by atoms with Gasteiger partial charge in [0.1, 0.15) is 4.90 Å². The quantitative estimate of drug-likeness (QED) is 0.724. The predicted octanol–water partition coefficient (Wildman–Crippen LogP) is -0.988.